The molecule has 0 aromatic carbocycles. The molecule has 0 unspecified atom stereocenters. The predicted molar refractivity (Wildman–Crippen MR) is 165 cm³/mol. The lowest BCUT2D eigenvalue weighted by Crippen LogP contribution is -2.41. The van der Waals surface area contributed by atoms with Crippen LogP contribution in [0.2, 0.25) is 0 Å². The number of aromatic nitrogens is 1. The van der Waals surface area contributed by atoms with Crippen LogP contribution >= 0.6 is 23.1 Å². The Morgan fingerprint density at radius 3 is 2.42 bits per heavy atom. The van der Waals surface area contributed by atoms with Crippen LogP contribution in [0.4, 0.5) is 0 Å². The molecule has 0 spiro atoms. The van der Waals surface area contributed by atoms with E-state index < -0.39 is 0 Å². The van der Waals surface area contributed by atoms with Gasteiger partial charge in [0.05, 0.1) is 23.6 Å². The van der Waals surface area contributed by atoms with Crippen molar-refractivity contribution in [1.29, 1.82) is 0 Å². The lowest BCUT2D eigenvalue weighted by Gasteiger charge is -2.31. The third kappa shape index (κ3) is 5.22. The Hall–Kier alpha value is -2.32. The van der Waals surface area contributed by atoms with E-state index in [0.717, 1.165) is 89.0 Å². The van der Waals surface area contributed by atoms with E-state index in [1.165, 1.54) is 56.1 Å². The van der Waals surface area contributed by atoms with E-state index in [4.69, 9.17) is 9.73 Å². The lowest BCUT2D eigenvalue weighted by molar-refractivity contribution is -0.124. The fourth-order valence-electron chi connectivity index (χ4n) is 7.01. The number of amides is 1. The summed E-state index contributed by atoms with van der Waals surface area (Å²) in [7, 11) is 1.47. The van der Waals surface area contributed by atoms with Crippen molar-refractivity contribution in [3.8, 4) is 5.00 Å². The molecule has 214 valence electrons. The number of thiophene rings is 1. The van der Waals surface area contributed by atoms with Crippen molar-refractivity contribution in [2.45, 2.75) is 116 Å². The number of rotatable bonds is 5. The summed E-state index contributed by atoms with van der Waals surface area (Å²) < 4.78 is 7.45. The second-order valence-corrected chi connectivity index (χ2v) is 13.9. The van der Waals surface area contributed by atoms with Crippen LogP contribution in [0, 0.1) is 13.8 Å². The molecule has 1 amide bonds. The normalized spacial score (nSPS) is 22.9. The van der Waals surface area contributed by atoms with Crippen molar-refractivity contribution < 1.29 is 14.3 Å². The molecule has 0 N–H and O–H groups in total. The summed E-state index contributed by atoms with van der Waals surface area (Å²) in [6.07, 6.45) is 18.1. The van der Waals surface area contributed by atoms with E-state index in [1.807, 2.05) is 4.90 Å². The van der Waals surface area contributed by atoms with Gasteiger partial charge >= 0.3 is 5.97 Å². The highest BCUT2D eigenvalue weighted by atomic mass is 32.2. The maximum atomic E-state index is 13.9. The number of hydrogen-bond acceptors (Lipinski definition) is 6. The van der Waals surface area contributed by atoms with Crippen molar-refractivity contribution in [1.82, 2.24) is 9.47 Å². The molecule has 40 heavy (non-hydrogen) atoms. The maximum Gasteiger partial charge on any atom is 0.341 e. The van der Waals surface area contributed by atoms with Gasteiger partial charge in [-0.05, 0) is 100 Å². The zero-order valence-electron chi connectivity index (χ0n) is 24.1. The van der Waals surface area contributed by atoms with Crippen LogP contribution in [0.25, 0.3) is 11.1 Å². The molecule has 2 saturated carbocycles. The van der Waals surface area contributed by atoms with Crippen LogP contribution in [-0.2, 0) is 22.4 Å². The Balaban J connectivity index is 1.37. The van der Waals surface area contributed by atoms with Gasteiger partial charge in [0.1, 0.15) is 5.00 Å². The number of hydrogen-bond donors (Lipinski definition) is 0. The minimum Gasteiger partial charge on any atom is -0.465 e. The second kappa shape index (κ2) is 11.9. The Kier molecular flexibility index (Phi) is 8.27. The number of methoxy groups -OCH3 is 1. The summed E-state index contributed by atoms with van der Waals surface area (Å²) >= 11 is 3.29. The first-order chi connectivity index (χ1) is 19.5. The van der Waals surface area contributed by atoms with Crippen molar-refractivity contribution in [2.75, 3.05) is 7.11 Å². The summed E-state index contributed by atoms with van der Waals surface area (Å²) in [6.45, 7) is 4.18. The topological polar surface area (TPSA) is 63.9 Å². The highest BCUT2D eigenvalue weighted by Crippen LogP contribution is 2.41. The summed E-state index contributed by atoms with van der Waals surface area (Å²) in [6, 6.07) is 2.74. The molecular weight excluding hydrogens is 539 g/mol. The van der Waals surface area contributed by atoms with Crippen LogP contribution in [0.3, 0.4) is 0 Å². The van der Waals surface area contributed by atoms with Gasteiger partial charge in [0, 0.05) is 22.3 Å². The Morgan fingerprint density at radius 2 is 1.70 bits per heavy atom. The number of thioether (sulfide) groups is 1. The van der Waals surface area contributed by atoms with Crippen LogP contribution in [0.1, 0.15) is 115 Å². The van der Waals surface area contributed by atoms with Gasteiger partial charge in [0.2, 0.25) is 0 Å². The van der Waals surface area contributed by atoms with Crippen LogP contribution in [-0.4, -0.2) is 45.7 Å². The number of esters is 1. The summed E-state index contributed by atoms with van der Waals surface area (Å²) in [5.74, 6) is -0.145. The maximum absolute atomic E-state index is 13.9. The number of aryl methyl sites for hydroxylation is 2. The molecule has 0 atom stereocenters. The zero-order chi connectivity index (χ0) is 27.8. The average Bonchev–Trinajstić information content (AvgIpc) is 3.59. The first-order valence-electron chi connectivity index (χ1n) is 15.2. The number of carbonyl (C=O) groups is 2. The summed E-state index contributed by atoms with van der Waals surface area (Å²) in [4.78, 5) is 36.2. The van der Waals surface area contributed by atoms with Gasteiger partial charge in [0.25, 0.3) is 5.91 Å². The van der Waals surface area contributed by atoms with Gasteiger partial charge in [-0.3, -0.25) is 14.7 Å². The monoisotopic (exact) mass is 579 g/mol. The molecule has 3 heterocycles. The predicted octanol–water partition coefficient (Wildman–Crippen LogP) is 7.76. The molecule has 0 bridgehead atoms. The zero-order valence-corrected chi connectivity index (χ0v) is 25.7. The highest BCUT2D eigenvalue weighted by Gasteiger charge is 2.39. The molecule has 6 rings (SSSR count). The number of carbonyl (C=O) groups excluding carboxylic acids is 2. The van der Waals surface area contributed by atoms with E-state index in [0.29, 0.717) is 6.04 Å². The van der Waals surface area contributed by atoms with Gasteiger partial charge in [0.15, 0.2) is 5.17 Å². The van der Waals surface area contributed by atoms with Gasteiger partial charge in [-0.15, -0.1) is 11.3 Å². The quantitative estimate of drug-likeness (QED) is 0.268. The molecule has 1 saturated heterocycles. The molecular formula is C32H41N3O3S2. The van der Waals surface area contributed by atoms with E-state index in [9.17, 15) is 9.59 Å². The van der Waals surface area contributed by atoms with E-state index in [1.54, 1.807) is 23.1 Å². The highest BCUT2D eigenvalue weighted by molar-refractivity contribution is 8.18. The summed E-state index contributed by atoms with van der Waals surface area (Å²) in [5.41, 5.74) is 5.02. The average molecular weight is 580 g/mol. The lowest BCUT2D eigenvalue weighted by atomic mass is 9.94. The van der Waals surface area contributed by atoms with Crippen LogP contribution in [0.15, 0.2) is 16.0 Å². The molecule has 3 aliphatic carbocycles. The number of aliphatic imine (C=N–C) groups is 1. The first-order valence-corrected chi connectivity index (χ1v) is 16.8. The molecule has 2 aromatic heterocycles. The fraction of sp³-hybridized carbons (Fsp3) is 0.594. The number of fused-ring (bicyclic) bond motifs is 1. The van der Waals surface area contributed by atoms with E-state index in [-0.39, 0.29) is 17.9 Å². The van der Waals surface area contributed by atoms with E-state index >= 15 is 0 Å². The second-order valence-electron chi connectivity index (χ2n) is 11.8. The van der Waals surface area contributed by atoms with Crippen LogP contribution < -0.4 is 0 Å². The van der Waals surface area contributed by atoms with Gasteiger partial charge in [-0.2, -0.15) is 0 Å². The van der Waals surface area contributed by atoms with Gasteiger partial charge in [-0.25, -0.2) is 4.79 Å². The first kappa shape index (κ1) is 27.8. The van der Waals surface area contributed by atoms with E-state index in [2.05, 4.69) is 30.6 Å². The van der Waals surface area contributed by atoms with Crippen LogP contribution in [0.5, 0.6) is 0 Å². The molecule has 8 heteroatoms. The third-order valence-corrected chi connectivity index (χ3v) is 11.4. The largest absolute Gasteiger partial charge is 0.465 e. The Morgan fingerprint density at radius 1 is 1.00 bits per heavy atom. The van der Waals surface area contributed by atoms with Crippen molar-refractivity contribution in [3.05, 3.63) is 43.9 Å². The SMILES string of the molecule is COC(=O)c1c(-n2c(C)cc(/C=C3\SC(=NC4CCCCC4)N(C4CCCCC4)C3=O)c2C)sc2c1CCCC2. The number of amidine groups is 1. The minimum absolute atomic E-state index is 0.109. The Labute approximate surface area is 246 Å². The minimum atomic E-state index is -0.255. The number of nitrogens with zero attached hydrogens (tertiary/aromatic N) is 3. The molecule has 0 radical (unpaired) electrons. The third-order valence-electron chi connectivity index (χ3n) is 9.15. The van der Waals surface area contributed by atoms with Crippen molar-refractivity contribution >= 4 is 46.2 Å². The summed E-state index contributed by atoms with van der Waals surface area (Å²) in [5, 5.41) is 1.87. The molecule has 6 nitrogen and oxygen atoms in total. The standard InChI is InChI=1S/C32H41N3O3S2/c1-20-18-22(21(2)34(20)30-28(31(37)38-3)25-16-10-11-17-26(25)39-30)19-27-29(36)35(24-14-8-5-9-15-24)32(40-27)33-23-12-6-4-7-13-23/h18-19,23-24H,4-17H2,1-3H3/b27-19-,33-32?. The molecule has 2 aromatic rings. The van der Waals surface area contributed by atoms with Gasteiger partial charge in [-0.1, -0.05) is 38.5 Å². The van der Waals surface area contributed by atoms with Gasteiger partial charge < -0.3 is 9.30 Å². The molecule has 4 aliphatic rings. The van der Waals surface area contributed by atoms with Crippen molar-refractivity contribution in [2.24, 2.45) is 4.99 Å². The van der Waals surface area contributed by atoms with Crippen molar-refractivity contribution in [3.63, 3.8) is 0 Å². The Bertz CT molecular complexity index is 1360. The smallest absolute Gasteiger partial charge is 0.341 e. The number of ether oxygens (including phenoxy) is 1. The molecule has 3 fully saturated rings. The molecule has 1 aliphatic heterocycles. The fourth-order valence-corrected chi connectivity index (χ4v) is 9.60.